The van der Waals surface area contributed by atoms with Crippen molar-refractivity contribution in [2.45, 2.75) is 6.42 Å². The highest BCUT2D eigenvalue weighted by molar-refractivity contribution is 8.25. The summed E-state index contributed by atoms with van der Waals surface area (Å²) in [5, 5.41) is 20.6. The molecule has 1 fully saturated rings. The number of halogens is 2. The van der Waals surface area contributed by atoms with Crippen LogP contribution in [-0.4, -0.2) is 31.6 Å². The number of aromatic hydroxyl groups is 2. The normalized spacial score (nSPS) is 18.6. The molecule has 3 rings (SSSR count). The van der Waals surface area contributed by atoms with Crippen LogP contribution in [0.3, 0.4) is 0 Å². The number of furan rings is 1. The van der Waals surface area contributed by atoms with Crippen molar-refractivity contribution in [2.24, 2.45) is 0 Å². The number of rotatable bonds is 2. The van der Waals surface area contributed by atoms with E-state index in [-0.39, 0.29) is 27.4 Å². The fourth-order valence-electron chi connectivity index (χ4n) is 2.33. The second-order valence-electron chi connectivity index (χ2n) is 4.83. The Balaban J connectivity index is 2.12. The fraction of sp³-hybridized carbons (Fsp3) is 0.231. The molecule has 2 aromatic rings. The van der Waals surface area contributed by atoms with Crippen LogP contribution in [0.1, 0.15) is 6.42 Å². The summed E-state index contributed by atoms with van der Waals surface area (Å²) in [5.74, 6) is -1.18. The molecule has 1 aliphatic heterocycles. The molecule has 4 N–H and O–H groups in total. The maximum Gasteiger partial charge on any atom is 0.261 e. The van der Waals surface area contributed by atoms with Crippen LogP contribution in [0, 0.1) is 0 Å². The lowest BCUT2D eigenvalue weighted by molar-refractivity contribution is 0.409. The van der Waals surface area contributed by atoms with Crippen molar-refractivity contribution in [1.82, 2.24) is 0 Å². The minimum absolute atomic E-state index is 0.0814. The topological polar surface area (TPSA) is 97.3 Å². The van der Waals surface area contributed by atoms with Gasteiger partial charge in [-0.3, -0.25) is 9.11 Å². The van der Waals surface area contributed by atoms with Crippen LogP contribution in [0.15, 0.2) is 22.6 Å². The minimum Gasteiger partial charge on any atom is -0.502 e. The number of anilines is 1. The predicted molar refractivity (Wildman–Crippen MR) is 87.2 cm³/mol. The Morgan fingerprint density at radius 2 is 1.86 bits per heavy atom. The molecule has 0 saturated carbocycles. The highest BCUT2D eigenvalue weighted by Gasteiger charge is 2.36. The summed E-state index contributed by atoms with van der Waals surface area (Å²) in [6, 6.07) is 4.76. The van der Waals surface area contributed by atoms with Crippen molar-refractivity contribution in [3.05, 3.63) is 28.2 Å². The summed E-state index contributed by atoms with van der Waals surface area (Å²) in [5.41, 5.74) is 0.295. The second kappa shape index (κ2) is 5.43. The molecular weight excluding hydrogens is 353 g/mol. The summed E-state index contributed by atoms with van der Waals surface area (Å²) >= 11 is 12.0. The predicted octanol–water partition coefficient (Wildman–Crippen LogP) is 4.54. The molecule has 0 atom stereocenters. The van der Waals surface area contributed by atoms with Gasteiger partial charge in [0.2, 0.25) is 11.5 Å². The molecule has 22 heavy (non-hydrogen) atoms. The van der Waals surface area contributed by atoms with Crippen LogP contribution in [0.2, 0.25) is 10.0 Å². The molecule has 1 aromatic carbocycles. The molecule has 1 saturated heterocycles. The third-order valence-corrected chi connectivity index (χ3v) is 6.11. The zero-order valence-electron chi connectivity index (χ0n) is 11.2. The van der Waals surface area contributed by atoms with Gasteiger partial charge >= 0.3 is 0 Å². The zero-order chi connectivity index (χ0) is 16.1. The van der Waals surface area contributed by atoms with Crippen LogP contribution >= 0.6 is 34.0 Å². The lowest BCUT2D eigenvalue weighted by Gasteiger charge is -2.35. The Kier molecular flexibility index (Phi) is 3.86. The highest BCUT2D eigenvalue weighted by atomic mass is 35.5. The first-order valence-corrected chi connectivity index (χ1v) is 8.78. The van der Waals surface area contributed by atoms with Gasteiger partial charge in [0.25, 0.3) is 5.88 Å². The standard InChI is InChI=1S/C13H13Cl2NO5S/c14-8-4-1-3-7(9(8)15)12-10(17)11(18)13(21-12)16-5-2-6-22(16,19)20/h1,3-4,17-20H,2,5-6H2. The van der Waals surface area contributed by atoms with Crippen LogP contribution in [-0.2, 0) is 0 Å². The van der Waals surface area contributed by atoms with Gasteiger partial charge in [0, 0.05) is 12.1 Å². The number of benzene rings is 1. The summed E-state index contributed by atoms with van der Waals surface area (Å²) < 4.78 is 26.6. The number of nitrogens with zero attached hydrogens (tertiary/aromatic N) is 1. The Bertz CT molecular complexity index is 733. The molecule has 6 nitrogen and oxygen atoms in total. The van der Waals surface area contributed by atoms with Gasteiger partial charge in [-0.05, 0) is 18.6 Å². The molecule has 1 aromatic heterocycles. The summed E-state index contributed by atoms with van der Waals surface area (Å²) in [6.45, 7) is 0.297. The van der Waals surface area contributed by atoms with Crippen LogP contribution in [0.5, 0.6) is 11.5 Å². The monoisotopic (exact) mass is 365 g/mol. The Morgan fingerprint density at radius 3 is 2.50 bits per heavy atom. The van der Waals surface area contributed by atoms with Crippen LogP contribution in [0.4, 0.5) is 5.88 Å². The van der Waals surface area contributed by atoms with Gasteiger partial charge in [0.05, 0.1) is 15.8 Å². The van der Waals surface area contributed by atoms with E-state index in [0.717, 1.165) is 4.31 Å². The molecule has 0 spiro atoms. The summed E-state index contributed by atoms with van der Waals surface area (Å²) in [6.07, 6.45) is 0.538. The Labute approximate surface area is 138 Å². The zero-order valence-corrected chi connectivity index (χ0v) is 13.5. The maximum atomic E-state index is 10.1. The van der Waals surface area contributed by atoms with Crippen LogP contribution < -0.4 is 4.31 Å². The fourth-order valence-corrected chi connectivity index (χ4v) is 4.26. The number of hydrogen-bond donors (Lipinski definition) is 4. The van der Waals surface area contributed by atoms with Crippen molar-refractivity contribution < 1.29 is 23.7 Å². The molecule has 2 heterocycles. The van der Waals surface area contributed by atoms with Gasteiger partial charge in [-0.2, -0.15) is 0 Å². The van der Waals surface area contributed by atoms with E-state index in [1.165, 1.54) is 0 Å². The van der Waals surface area contributed by atoms with Gasteiger partial charge in [-0.15, -0.1) is 10.8 Å². The smallest absolute Gasteiger partial charge is 0.261 e. The molecule has 0 aliphatic carbocycles. The maximum absolute atomic E-state index is 10.1. The molecule has 9 heteroatoms. The molecule has 0 unspecified atom stereocenters. The average Bonchev–Trinajstić information content (AvgIpc) is 2.95. The molecular formula is C13H13Cl2NO5S. The first-order valence-electron chi connectivity index (χ1n) is 6.35. The van der Waals surface area contributed by atoms with E-state index < -0.39 is 22.3 Å². The first-order chi connectivity index (χ1) is 10.3. The molecule has 0 bridgehead atoms. The number of hydrogen-bond acceptors (Lipinski definition) is 6. The van der Waals surface area contributed by atoms with E-state index in [2.05, 4.69) is 0 Å². The van der Waals surface area contributed by atoms with Gasteiger partial charge in [-0.1, -0.05) is 29.3 Å². The summed E-state index contributed by atoms with van der Waals surface area (Å²) in [7, 11) is -3.06. The van der Waals surface area contributed by atoms with E-state index in [9.17, 15) is 19.3 Å². The van der Waals surface area contributed by atoms with Gasteiger partial charge in [-0.25, -0.2) is 4.31 Å². The lowest BCUT2D eigenvalue weighted by atomic mass is 10.1. The Hall–Kier alpha value is -1.25. The third kappa shape index (κ3) is 2.39. The molecule has 1 aliphatic rings. The SMILES string of the molecule is Oc1c(-c2cccc(Cl)c2Cl)oc(N2CCCS2(O)O)c1O. The minimum atomic E-state index is -3.06. The molecule has 0 amide bonds. The molecule has 0 radical (unpaired) electrons. The van der Waals surface area contributed by atoms with Gasteiger partial charge in [0.15, 0.2) is 5.76 Å². The van der Waals surface area contributed by atoms with Crippen LogP contribution in [0.25, 0.3) is 11.3 Å². The third-order valence-electron chi connectivity index (χ3n) is 3.40. The summed E-state index contributed by atoms with van der Waals surface area (Å²) in [4.78, 5) is 0. The average molecular weight is 366 g/mol. The van der Waals surface area contributed by atoms with Crippen molar-refractivity contribution in [1.29, 1.82) is 0 Å². The van der Waals surface area contributed by atoms with Crippen molar-refractivity contribution in [2.75, 3.05) is 16.6 Å². The van der Waals surface area contributed by atoms with E-state index in [4.69, 9.17) is 27.6 Å². The van der Waals surface area contributed by atoms with E-state index >= 15 is 0 Å². The van der Waals surface area contributed by atoms with Crippen molar-refractivity contribution >= 4 is 39.9 Å². The lowest BCUT2D eigenvalue weighted by Crippen LogP contribution is -2.21. The second-order valence-corrected chi connectivity index (χ2v) is 7.73. The van der Waals surface area contributed by atoms with E-state index in [0.29, 0.717) is 18.5 Å². The van der Waals surface area contributed by atoms with Crippen molar-refractivity contribution in [3.63, 3.8) is 0 Å². The van der Waals surface area contributed by atoms with Crippen molar-refractivity contribution in [3.8, 4) is 22.8 Å². The largest absolute Gasteiger partial charge is 0.502 e. The van der Waals surface area contributed by atoms with Gasteiger partial charge in [0.1, 0.15) is 0 Å². The first kappa shape index (κ1) is 15.6. The van der Waals surface area contributed by atoms with E-state index in [1.54, 1.807) is 18.2 Å². The quantitative estimate of drug-likeness (QED) is 0.623. The molecule has 120 valence electrons. The highest BCUT2D eigenvalue weighted by Crippen LogP contribution is 2.57. The van der Waals surface area contributed by atoms with E-state index in [1.807, 2.05) is 0 Å². The van der Waals surface area contributed by atoms with Gasteiger partial charge < -0.3 is 14.6 Å². The Morgan fingerprint density at radius 1 is 1.14 bits per heavy atom.